The van der Waals surface area contributed by atoms with Crippen molar-refractivity contribution < 1.29 is 0 Å². The molecular weight excluding hydrogens is 350 g/mol. The maximum atomic E-state index is 4.57. The van der Waals surface area contributed by atoms with Gasteiger partial charge in [-0.1, -0.05) is 20.0 Å². The number of hydrogen-bond donors (Lipinski definition) is 0. The fourth-order valence-electron chi connectivity index (χ4n) is 2.79. The van der Waals surface area contributed by atoms with Gasteiger partial charge in [-0.15, -0.1) is 22.7 Å². The Morgan fingerprint density at radius 2 is 2.00 bits per heavy atom. The second kappa shape index (κ2) is 6.24. The van der Waals surface area contributed by atoms with E-state index in [0.29, 0.717) is 0 Å². The summed E-state index contributed by atoms with van der Waals surface area (Å²) in [5.74, 6) is 0. The molecule has 0 saturated heterocycles. The minimum absolute atomic E-state index is 0.244. The van der Waals surface area contributed by atoms with Crippen LogP contribution in [0.1, 0.15) is 24.5 Å². The lowest BCUT2D eigenvalue weighted by Crippen LogP contribution is -1.90. The van der Waals surface area contributed by atoms with E-state index in [0.717, 1.165) is 37.5 Å². The van der Waals surface area contributed by atoms with E-state index in [4.69, 9.17) is 0 Å². The third-order valence-electron chi connectivity index (χ3n) is 3.78. The molecule has 4 heterocycles. The van der Waals surface area contributed by atoms with Crippen molar-refractivity contribution in [1.82, 2.24) is 19.4 Å². The number of thiazole rings is 2. The molecule has 0 aliphatic rings. The van der Waals surface area contributed by atoms with Crippen molar-refractivity contribution >= 4 is 33.5 Å². The molecule has 0 saturated carbocycles. The van der Waals surface area contributed by atoms with Crippen LogP contribution in [0.5, 0.6) is 0 Å². The summed E-state index contributed by atoms with van der Waals surface area (Å²) in [5, 5.41) is 6.43. The minimum atomic E-state index is 0.244. The standard InChI is InChI=1S/C18H18N5S2/c1-10(2)21-18-20-8-15(25-18)13-7-14(16-11(3)22-12(4)24-16)17-19-5-6-23(17)9-13/h5-10H,1-4H3/q-1. The molecule has 4 rings (SSSR count). The summed E-state index contributed by atoms with van der Waals surface area (Å²) < 4.78 is 2.07. The van der Waals surface area contributed by atoms with E-state index in [-0.39, 0.29) is 6.04 Å². The normalized spacial score (nSPS) is 11.6. The van der Waals surface area contributed by atoms with Gasteiger partial charge >= 0.3 is 0 Å². The third kappa shape index (κ3) is 3.05. The molecule has 0 atom stereocenters. The van der Waals surface area contributed by atoms with E-state index in [1.54, 1.807) is 22.7 Å². The molecule has 25 heavy (non-hydrogen) atoms. The highest BCUT2D eigenvalue weighted by molar-refractivity contribution is 7.19. The van der Waals surface area contributed by atoms with Gasteiger partial charge in [-0.2, -0.15) is 0 Å². The molecule has 7 heteroatoms. The summed E-state index contributed by atoms with van der Waals surface area (Å²) in [5.41, 5.74) is 4.23. The molecule has 0 aliphatic heterocycles. The van der Waals surface area contributed by atoms with Crippen molar-refractivity contribution in [3.63, 3.8) is 0 Å². The van der Waals surface area contributed by atoms with Gasteiger partial charge in [0.05, 0.1) is 15.6 Å². The van der Waals surface area contributed by atoms with Crippen LogP contribution in [-0.2, 0) is 0 Å². The average molecular weight is 369 g/mol. The molecule has 0 radical (unpaired) electrons. The largest absolute Gasteiger partial charge is 0.454 e. The van der Waals surface area contributed by atoms with Gasteiger partial charge < -0.3 is 14.7 Å². The van der Waals surface area contributed by atoms with Crippen molar-refractivity contribution in [2.75, 3.05) is 0 Å². The van der Waals surface area contributed by atoms with E-state index in [9.17, 15) is 0 Å². The van der Waals surface area contributed by atoms with Crippen LogP contribution in [0, 0.1) is 13.8 Å². The quantitative estimate of drug-likeness (QED) is 0.470. The average Bonchev–Trinajstić information content (AvgIpc) is 3.25. The molecular formula is C18H18N5S2-. The summed E-state index contributed by atoms with van der Waals surface area (Å²) in [6, 6.07) is 2.43. The summed E-state index contributed by atoms with van der Waals surface area (Å²) in [7, 11) is 0. The smallest absolute Gasteiger partial charge is 0.145 e. The zero-order valence-electron chi connectivity index (χ0n) is 14.5. The first-order valence-corrected chi connectivity index (χ1v) is 9.72. The van der Waals surface area contributed by atoms with Crippen LogP contribution >= 0.6 is 22.7 Å². The lowest BCUT2D eigenvalue weighted by atomic mass is 10.1. The van der Waals surface area contributed by atoms with Crippen LogP contribution in [0.15, 0.2) is 30.9 Å². The summed E-state index contributed by atoms with van der Waals surface area (Å²) in [4.78, 5) is 15.8. The number of fused-ring (bicyclic) bond motifs is 1. The van der Waals surface area contributed by atoms with E-state index in [1.807, 2.05) is 25.5 Å². The molecule has 0 aliphatic carbocycles. The predicted octanol–water partition coefficient (Wildman–Crippen LogP) is 5.61. The summed E-state index contributed by atoms with van der Waals surface area (Å²) in [6.45, 7) is 8.21. The molecule has 0 bridgehead atoms. The van der Waals surface area contributed by atoms with Gasteiger partial charge in [0.25, 0.3) is 0 Å². The molecule has 0 fully saturated rings. The van der Waals surface area contributed by atoms with Gasteiger partial charge in [0, 0.05) is 34.6 Å². The molecule has 4 aromatic heterocycles. The number of pyridine rings is 1. The second-order valence-corrected chi connectivity index (χ2v) is 8.39. The van der Waals surface area contributed by atoms with Crippen molar-refractivity contribution in [2.45, 2.75) is 33.7 Å². The van der Waals surface area contributed by atoms with Crippen molar-refractivity contribution in [1.29, 1.82) is 0 Å². The van der Waals surface area contributed by atoms with Crippen molar-refractivity contribution in [3.8, 4) is 20.9 Å². The first-order valence-electron chi connectivity index (χ1n) is 8.09. The van der Waals surface area contributed by atoms with Crippen LogP contribution in [0.4, 0.5) is 5.13 Å². The van der Waals surface area contributed by atoms with Gasteiger partial charge in [0.15, 0.2) is 0 Å². The number of aryl methyl sites for hydroxylation is 2. The van der Waals surface area contributed by atoms with Crippen molar-refractivity contribution in [2.24, 2.45) is 0 Å². The third-order valence-corrected chi connectivity index (χ3v) is 5.84. The van der Waals surface area contributed by atoms with Gasteiger partial charge in [0.2, 0.25) is 0 Å². The fraction of sp³-hybridized carbons (Fsp3) is 0.278. The van der Waals surface area contributed by atoms with Crippen LogP contribution < -0.4 is 0 Å². The number of imidazole rings is 1. The molecule has 0 amide bonds. The number of nitrogens with zero attached hydrogens (tertiary/aromatic N) is 5. The highest BCUT2D eigenvalue weighted by Crippen LogP contribution is 2.38. The van der Waals surface area contributed by atoms with Crippen LogP contribution in [-0.4, -0.2) is 25.4 Å². The van der Waals surface area contributed by atoms with E-state index in [2.05, 4.69) is 57.7 Å². The molecule has 0 unspecified atom stereocenters. The SMILES string of the molecule is Cc1nc(C)c(-c2cc(-c3cnc([N-]C(C)C)s3)cn3ccnc23)s1. The Morgan fingerprint density at radius 3 is 2.72 bits per heavy atom. The Balaban J connectivity index is 1.86. The van der Waals surface area contributed by atoms with Gasteiger partial charge in [0.1, 0.15) is 5.65 Å². The van der Waals surface area contributed by atoms with E-state index < -0.39 is 0 Å². The van der Waals surface area contributed by atoms with Crippen molar-refractivity contribution in [3.05, 3.63) is 46.9 Å². The van der Waals surface area contributed by atoms with Crippen LogP contribution in [0.2, 0.25) is 0 Å². The Kier molecular flexibility index (Phi) is 4.05. The fourth-order valence-corrected chi connectivity index (χ4v) is 4.63. The van der Waals surface area contributed by atoms with Crippen LogP contribution in [0.3, 0.4) is 0 Å². The Hall–Kier alpha value is -2.25. The number of aromatic nitrogens is 4. The Labute approximate surface area is 154 Å². The monoisotopic (exact) mass is 368 g/mol. The second-order valence-electron chi connectivity index (χ2n) is 6.18. The topological polar surface area (TPSA) is 57.2 Å². The molecule has 4 aromatic rings. The molecule has 5 nitrogen and oxygen atoms in total. The van der Waals surface area contributed by atoms with Gasteiger partial charge in [-0.05, 0) is 31.1 Å². The first-order chi connectivity index (χ1) is 12.0. The molecule has 0 N–H and O–H groups in total. The lowest BCUT2D eigenvalue weighted by Gasteiger charge is -2.13. The zero-order valence-corrected chi connectivity index (χ0v) is 16.1. The number of rotatable bonds is 4. The van der Waals surface area contributed by atoms with E-state index in [1.165, 1.54) is 4.88 Å². The zero-order chi connectivity index (χ0) is 17.6. The van der Waals surface area contributed by atoms with Crippen LogP contribution in [0.25, 0.3) is 31.8 Å². The molecule has 128 valence electrons. The first kappa shape index (κ1) is 16.2. The number of hydrogen-bond acceptors (Lipinski definition) is 5. The Bertz CT molecular complexity index is 1040. The molecule has 0 spiro atoms. The maximum Gasteiger partial charge on any atom is 0.145 e. The van der Waals surface area contributed by atoms with Gasteiger partial charge in [-0.3, -0.25) is 0 Å². The summed E-state index contributed by atoms with van der Waals surface area (Å²) >= 11 is 3.32. The Morgan fingerprint density at radius 1 is 1.16 bits per heavy atom. The highest BCUT2D eigenvalue weighted by Gasteiger charge is 2.14. The molecule has 0 aromatic carbocycles. The maximum absolute atomic E-state index is 4.57. The van der Waals surface area contributed by atoms with Gasteiger partial charge in [-0.25, -0.2) is 9.97 Å². The van der Waals surface area contributed by atoms with E-state index >= 15 is 0 Å². The highest BCUT2D eigenvalue weighted by atomic mass is 32.1. The predicted molar refractivity (Wildman–Crippen MR) is 105 cm³/mol. The summed E-state index contributed by atoms with van der Waals surface area (Å²) in [6.07, 6.45) is 7.81. The lowest BCUT2D eigenvalue weighted by molar-refractivity contribution is 0.945. The minimum Gasteiger partial charge on any atom is -0.454 e.